The van der Waals surface area contributed by atoms with E-state index in [0.717, 1.165) is 6.07 Å². The predicted molar refractivity (Wildman–Crippen MR) is 52.2 cm³/mol. The summed E-state index contributed by atoms with van der Waals surface area (Å²) in [5.74, 6) is 0. The van der Waals surface area contributed by atoms with Gasteiger partial charge in [-0.25, -0.2) is 0 Å². The number of benzene rings is 1. The van der Waals surface area contributed by atoms with Crippen LogP contribution in [0.1, 0.15) is 17.5 Å². The van der Waals surface area contributed by atoms with E-state index in [9.17, 15) is 13.2 Å². The van der Waals surface area contributed by atoms with Gasteiger partial charge in [-0.2, -0.15) is 13.2 Å². The molecule has 0 amide bonds. The number of rotatable bonds is 3. The molecule has 0 aromatic heterocycles. The molecule has 0 bridgehead atoms. The molecule has 82 valence electrons. The van der Waals surface area contributed by atoms with E-state index in [4.69, 9.17) is 5.11 Å². The molecule has 0 unspecified atom stereocenters. The number of aliphatic hydroxyl groups excluding tert-OH is 1. The Morgan fingerprint density at radius 2 is 1.87 bits per heavy atom. The standard InChI is InChI=1S/C11H11F3O/c12-11(13,14)10-7-2-1-5-9(10)6-3-4-8-15/h1-3,5-7,15H,4,8H2. The van der Waals surface area contributed by atoms with Gasteiger partial charge in [-0.1, -0.05) is 30.4 Å². The van der Waals surface area contributed by atoms with Crippen molar-refractivity contribution in [3.63, 3.8) is 0 Å². The third kappa shape index (κ3) is 3.40. The highest BCUT2D eigenvalue weighted by Crippen LogP contribution is 2.32. The monoisotopic (exact) mass is 216 g/mol. The lowest BCUT2D eigenvalue weighted by Crippen LogP contribution is -2.06. The second-order valence-corrected chi connectivity index (χ2v) is 3.00. The molecule has 15 heavy (non-hydrogen) atoms. The smallest absolute Gasteiger partial charge is 0.396 e. The van der Waals surface area contributed by atoms with Crippen LogP contribution >= 0.6 is 0 Å². The Balaban J connectivity index is 2.97. The first kappa shape index (κ1) is 11.8. The maximum absolute atomic E-state index is 12.5. The molecule has 0 spiro atoms. The molecule has 0 aliphatic heterocycles. The minimum Gasteiger partial charge on any atom is -0.396 e. The van der Waals surface area contributed by atoms with E-state index in [-0.39, 0.29) is 12.2 Å². The van der Waals surface area contributed by atoms with Crippen LogP contribution in [-0.2, 0) is 6.18 Å². The van der Waals surface area contributed by atoms with Crippen LogP contribution in [0.4, 0.5) is 13.2 Å². The molecule has 0 heterocycles. The Bertz CT molecular complexity index is 342. The minimum absolute atomic E-state index is 0.0648. The van der Waals surface area contributed by atoms with Gasteiger partial charge in [-0.05, 0) is 18.1 Å². The lowest BCUT2D eigenvalue weighted by Gasteiger charge is -2.09. The summed E-state index contributed by atoms with van der Waals surface area (Å²) in [5, 5.41) is 8.50. The lowest BCUT2D eigenvalue weighted by atomic mass is 10.1. The highest BCUT2D eigenvalue weighted by atomic mass is 19.4. The van der Waals surface area contributed by atoms with Gasteiger partial charge in [0, 0.05) is 6.61 Å². The maximum Gasteiger partial charge on any atom is 0.416 e. The Labute approximate surface area is 85.9 Å². The van der Waals surface area contributed by atoms with E-state index in [1.807, 2.05) is 0 Å². The van der Waals surface area contributed by atoms with Crippen LogP contribution in [0.3, 0.4) is 0 Å². The van der Waals surface area contributed by atoms with Gasteiger partial charge in [0.15, 0.2) is 0 Å². The average molecular weight is 216 g/mol. The first-order chi connectivity index (χ1) is 7.05. The number of halogens is 3. The summed E-state index contributed by atoms with van der Waals surface area (Å²) in [6, 6.07) is 5.34. The molecule has 0 radical (unpaired) electrons. The molecule has 1 aromatic carbocycles. The zero-order chi connectivity index (χ0) is 11.3. The van der Waals surface area contributed by atoms with Crippen molar-refractivity contribution in [3.05, 3.63) is 41.5 Å². The van der Waals surface area contributed by atoms with Gasteiger partial charge in [0.25, 0.3) is 0 Å². The first-order valence-electron chi connectivity index (χ1n) is 4.49. The predicted octanol–water partition coefficient (Wildman–Crippen LogP) is 3.10. The van der Waals surface area contributed by atoms with E-state index in [0.29, 0.717) is 6.42 Å². The Morgan fingerprint density at radius 3 is 2.47 bits per heavy atom. The summed E-state index contributed by atoms with van der Waals surface area (Å²) in [6.45, 7) is -0.0648. The molecule has 0 aliphatic carbocycles. The van der Waals surface area contributed by atoms with Crippen molar-refractivity contribution in [2.75, 3.05) is 6.61 Å². The summed E-state index contributed by atoms with van der Waals surface area (Å²) < 4.78 is 37.4. The molecule has 0 aliphatic rings. The average Bonchev–Trinajstić information content (AvgIpc) is 2.17. The summed E-state index contributed by atoms with van der Waals surface area (Å²) in [5.41, 5.74) is -0.530. The lowest BCUT2D eigenvalue weighted by molar-refractivity contribution is -0.137. The van der Waals surface area contributed by atoms with Crippen LogP contribution < -0.4 is 0 Å². The van der Waals surface area contributed by atoms with E-state index < -0.39 is 11.7 Å². The van der Waals surface area contributed by atoms with Crippen molar-refractivity contribution in [3.8, 4) is 0 Å². The van der Waals surface area contributed by atoms with Crippen LogP contribution in [0.2, 0.25) is 0 Å². The normalized spacial score (nSPS) is 12.3. The molecule has 1 rings (SSSR count). The van der Waals surface area contributed by atoms with Crippen molar-refractivity contribution in [2.45, 2.75) is 12.6 Å². The summed E-state index contributed by atoms with van der Waals surface area (Å²) in [7, 11) is 0. The van der Waals surface area contributed by atoms with E-state index in [1.54, 1.807) is 6.07 Å². The van der Waals surface area contributed by atoms with Crippen LogP contribution in [0.15, 0.2) is 30.3 Å². The fourth-order valence-corrected chi connectivity index (χ4v) is 1.19. The summed E-state index contributed by atoms with van der Waals surface area (Å²) in [6.07, 6.45) is -1.09. The third-order valence-electron chi connectivity index (χ3n) is 1.86. The Kier molecular flexibility index (Phi) is 3.91. The van der Waals surface area contributed by atoms with Gasteiger partial charge < -0.3 is 5.11 Å². The van der Waals surface area contributed by atoms with E-state index in [1.165, 1.54) is 24.3 Å². The summed E-state index contributed by atoms with van der Waals surface area (Å²) in [4.78, 5) is 0. The quantitative estimate of drug-likeness (QED) is 0.823. The molecular weight excluding hydrogens is 205 g/mol. The Morgan fingerprint density at radius 1 is 1.20 bits per heavy atom. The highest BCUT2D eigenvalue weighted by Gasteiger charge is 2.32. The van der Waals surface area contributed by atoms with Crippen molar-refractivity contribution in [2.24, 2.45) is 0 Å². The molecule has 4 heteroatoms. The van der Waals surface area contributed by atoms with E-state index in [2.05, 4.69) is 0 Å². The topological polar surface area (TPSA) is 20.2 Å². The number of hydrogen-bond acceptors (Lipinski definition) is 1. The zero-order valence-corrected chi connectivity index (χ0v) is 7.96. The van der Waals surface area contributed by atoms with Crippen molar-refractivity contribution >= 4 is 6.08 Å². The minimum atomic E-state index is -4.33. The van der Waals surface area contributed by atoms with Gasteiger partial charge in [-0.3, -0.25) is 0 Å². The van der Waals surface area contributed by atoms with Crippen molar-refractivity contribution in [1.29, 1.82) is 0 Å². The van der Waals surface area contributed by atoms with Crippen LogP contribution in [-0.4, -0.2) is 11.7 Å². The maximum atomic E-state index is 12.5. The van der Waals surface area contributed by atoms with Crippen molar-refractivity contribution < 1.29 is 18.3 Å². The molecule has 1 N–H and O–H groups in total. The molecule has 0 saturated carbocycles. The largest absolute Gasteiger partial charge is 0.416 e. The van der Waals surface area contributed by atoms with Crippen LogP contribution in [0.25, 0.3) is 6.08 Å². The van der Waals surface area contributed by atoms with Crippen molar-refractivity contribution in [1.82, 2.24) is 0 Å². The summed E-state index contributed by atoms with van der Waals surface area (Å²) >= 11 is 0. The van der Waals surface area contributed by atoms with Gasteiger partial charge in [0.1, 0.15) is 0 Å². The third-order valence-corrected chi connectivity index (χ3v) is 1.86. The number of hydrogen-bond donors (Lipinski definition) is 1. The second kappa shape index (κ2) is 4.98. The second-order valence-electron chi connectivity index (χ2n) is 3.00. The van der Waals surface area contributed by atoms with Crippen LogP contribution in [0.5, 0.6) is 0 Å². The SMILES string of the molecule is OCCC=Cc1ccccc1C(F)(F)F. The van der Waals surface area contributed by atoms with Gasteiger partial charge in [-0.15, -0.1) is 0 Å². The number of alkyl halides is 3. The molecule has 1 nitrogen and oxygen atoms in total. The molecular formula is C11H11F3O. The first-order valence-corrected chi connectivity index (χ1v) is 4.49. The van der Waals surface area contributed by atoms with Gasteiger partial charge in [0.05, 0.1) is 5.56 Å². The molecule has 0 atom stereocenters. The zero-order valence-electron chi connectivity index (χ0n) is 7.96. The van der Waals surface area contributed by atoms with Gasteiger partial charge >= 0.3 is 6.18 Å². The van der Waals surface area contributed by atoms with Gasteiger partial charge in [0.2, 0.25) is 0 Å². The number of aliphatic hydroxyl groups is 1. The molecule has 0 fully saturated rings. The fourth-order valence-electron chi connectivity index (χ4n) is 1.19. The highest BCUT2D eigenvalue weighted by molar-refractivity contribution is 5.54. The molecule has 1 aromatic rings. The van der Waals surface area contributed by atoms with E-state index >= 15 is 0 Å². The fraction of sp³-hybridized carbons (Fsp3) is 0.273. The van der Waals surface area contributed by atoms with Crippen LogP contribution in [0, 0.1) is 0 Å². The molecule has 0 saturated heterocycles. The Hall–Kier alpha value is -1.29.